The number of nitrogens with one attached hydrogen (secondary N) is 1. The highest BCUT2D eigenvalue weighted by molar-refractivity contribution is 5.57. The monoisotopic (exact) mass is 194 g/mol. The van der Waals surface area contributed by atoms with Crippen LogP contribution in [0.15, 0.2) is 0 Å². The van der Waals surface area contributed by atoms with Crippen LogP contribution in [0.3, 0.4) is 0 Å². The van der Waals surface area contributed by atoms with Crippen LogP contribution in [0.5, 0.6) is 0 Å². The van der Waals surface area contributed by atoms with Gasteiger partial charge in [0.25, 0.3) is 0 Å². The second kappa shape index (κ2) is 5.54. The van der Waals surface area contributed by atoms with Gasteiger partial charge in [-0.1, -0.05) is 0 Å². The van der Waals surface area contributed by atoms with E-state index < -0.39 is 18.6 Å². The van der Waals surface area contributed by atoms with Crippen molar-refractivity contribution in [3.05, 3.63) is 0 Å². The first-order chi connectivity index (χ1) is 5.99. The van der Waals surface area contributed by atoms with Gasteiger partial charge in [-0.05, 0) is 0 Å². The predicted octanol–water partition coefficient (Wildman–Crippen LogP) is 1.01. The zero-order valence-corrected chi connectivity index (χ0v) is 6.77. The topological polar surface area (TPSA) is 52.9 Å². The molecule has 0 saturated carbocycles. The van der Waals surface area contributed by atoms with Gasteiger partial charge in [0, 0.05) is 13.0 Å². The number of hydrogen-bond acceptors (Lipinski definition) is 3. The zero-order chi connectivity index (χ0) is 10.3. The van der Waals surface area contributed by atoms with Crippen molar-refractivity contribution < 1.29 is 18.0 Å². The Labute approximate surface area is 73.5 Å². The Hall–Kier alpha value is -1.09. The summed E-state index contributed by atoms with van der Waals surface area (Å²) >= 11 is 0. The SMILES string of the molecule is N#CCCNC(C=O)CC(F)(F)F. The van der Waals surface area contributed by atoms with Crippen LogP contribution in [0, 0.1) is 11.3 Å². The van der Waals surface area contributed by atoms with Gasteiger partial charge in [-0.2, -0.15) is 18.4 Å². The summed E-state index contributed by atoms with van der Waals surface area (Å²) in [4.78, 5) is 10.1. The van der Waals surface area contributed by atoms with E-state index in [0.29, 0.717) is 0 Å². The fourth-order valence-electron chi connectivity index (χ4n) is 0.731. The largest absolute Gasteiger partial charge is 0.391 e. The number of nitriles is 1. The highest BCUT2D eigenvalue weighted by Crippen LogP contribution is 2.20. The van der Waals surface area contributed by atoms with E-state index in [4.69, 9.17) is 5.26 Å². The second-order valence-electron chi connectivity index (χ2n) is 2.42. The molecule has 0 aliphatic carbocycles. The summed E-state index contributed by atoms with van der Waals surface area (Å²) in [5, 5.41) is 10.4. The molecule has 0 heterocycles. The summed E-state index contributed by atoms with van der Waals surface area (Å²) < 4.78 is 35.2. The van der Waals surface area contributed by atoms with Gasteiger partial charge in [-0.3, -0.25) is 0 Å². The van der Waals surface area contributed by atoms with E-state index in [0.717, 1.165) is 0 Å². The van der Waals surface area contributed by atoms with Gasteiger partial charge < -0.3 is 10.1 Å². The van der Waals surface area contributed by atoms with Gasteiger partial charge >= 0.3 is 6.18 Å². The first-order valence-corrected chi connectivity index (χ1v) is 3.62. The Morgan fingerprint density at radius 3 is 2.54 bits per heavy atom. The molecule has 1 unspecified atom stereocenters. The van der Waals surface area contributed by atoms with Crippen LogP contribution in [0.1, 0.15) is 12.8 Å². The molecule has 0 rings (SSSR count). The summed E-state index contributed by atoms with van der Waals surface area (Å²) in [7, 11) is 0. The molecule has 13 heavy (non-hydrogen) atoms. The molecule has 0 aromatic rings. The van der Waals surface area contributed by atoms with E-state index in [1.807, 2.05) is 0 Å². The summed E-state index contributed by atoms with van der Waals surface area (Å²) in [6.07, 6.45) is -5.26. The summed E-state index contributed by atoms with van der Waals surface area (Å²) in [6.45, 7) is 0.0932. The van der Waals surface area contributed by atoms with Gasteiger partial charge in [-0.25, -0.2) is 0 Å². The summed E-state index contributed by atoms with van der Waals surface area (Å²) in [6, 6.07) is 0.508. The number of nitrogens with zero attached hydrogens (tertiary/aromatic N) is 1. The molecule has 74 valence electrons. The number of halogens is 3. The molecular weight excluding hydrogens is 185 g/mol. The van der Waals surface area contributed by atoms with Crippen LogP contribution >= 0.6 is 0 Å². The van der Waals surface area contributed by atoms with Crippen LogP contribution in [0.2, 0.25) is 0 Å². The Bertz CT molecular complexity index is 197. The van der Waals surface area contributed by atoms with Crippen LogP contribution in [-0.4, -0.2) is 25.0 Å². The van der Waals surface area contributed by atoms with Gasteiger partial charge in [-0.15, -0.1) is 0 Å². The fourth-order valence-corrected chi connectivity index (χ4v) is 0.731. The molecule has 6 heteroatoms. The molecule has 0 aromatic carbocycles. The van der Waals surface area contributed by atoms with Crippen LogP contribution in [-0.2, 0) is 4.79 Å². The molecule has 0 bridgehead atoms. The molecule has 0 aromatic heterocycles. The summed E-state index contributed by atoms with van der Waals surface area (Å²) in [5.74, 6) is 0. The zero-order valence-electron chi connectivity index (χ0n) is 6.77. The van der Waals surface area contributed by atoms with Gasteiger partial charge in [0.15, 0.2) is 0 Å². The minimum Gasteiger partial charge on any atom is -0.306 e. The predicted molar refractivity (Wildman–Crippen MR) is 38.8 cm³/mol. The molecule has 1 atom stereocenters. The normalized spacial score (nSPS) is 13.4. The molecule has 0 saturated heterocycles. The maximum atomic E-state index is 11.7. The van der Waals surface area contributed by atoms with Crippen molar-refractivity contribution in [1.29, 1.82) is 5.26 Å². The average molecular weight is 194 g/mol. The van der Waals surface area contributed by atoms with Crippen molar-refractivity contribution in [3.63, 3.8) is 0 Å². The van der Waals surface area contributed by atoms with E-state index in [1.54, 1.807) is 6.07 Å². The molecule has 0 spiro atoms. The third-order valence-corrected chi connectivity index (χ3v) is 1.26. The number of rotatable bonds is 5. The molecule has 1 N–H and O–H groups in total. The number of aldehydes is 1. The second-order valence-corrected chi connectivity index (χ2v) is 2.42. The van der Waals surface area contributed by atoms with E-state index in [-0.39, 0.29) is 19.3 Å². The average Bonchev–Trinajstić information content (AvgIpc) is 2.01. The lowest BCUT2D eigenvalue weighted by Gasteiger charge is -2.13. The van der Waals surface area contributed by atoms with Crippen molar-refractivity contribution in [1.82, 2.24) is 5.32 Å². The highest BCUT2D eigenvalue weighted by atomic mass is 19.4. The van der Waals surface area contributed by atoms with E-state index in [1.165, 1.54) is 0 Å². The van der Waals surface area contributed by atoms with Crippen molar-refractivity contribution in [2.24, 2.45) is 0 Å². The third kappa shape index (κ3) is 7.28. The molecule has 0 aliphatic rings. The Kier molecular flexibility index (Phi) is 5.07. The molecule has 0 aliphatic heterocycles. The first kappa shape index (κ1) is 11.9. The smallest absolute Gasteiger partial charge is 0.306 e. The van der Waals surface area contributed by atoms with Gasteiger partial charge in [0.1, 0.15) is 6.29 Å². The van der Waals surface area contributed by atoms with Crippen molar-refractivity contribution >= 4 is 6.29 Å². The highest BCUT2D eigenvalue weighted by Gasteiger charge is 2.31. The van der Waals surface area contributed by atoms with E-state index in [2.05, 4.69) is 5.32 Å². The number of alkyl halides is 3. The van der Waals surface area contributed by atoms with E-state index in [9.17, 15) is 18.0 Å². The lowest BCUT2D eigenvalue weighted by atomic mass is 10.2. The standard InChI is InChI=1S/C7H9F3N2O/c8-7(9,10)4-6(5-13)12-3-1-2-11/h5-6,12H,1,3-4H2. The van der Waals surface area contributed by atoms with Crippen LogP contribution in [0.4, 0.5) is 13.2 Å². The van der Waals surface area contributed by atoms with Gasteiger partial charge in [0.2, 0.25) is 0 Å². The lowest BCUT2D eigenvalue weighted by molar-refractivity contribution is -0.144. The molecule has 0 fully saturated rings. The number of hydrogen-bond donors (Lipinski definition) is 1. The minimum absolute atomic E-state index is 0.0855. The van der Waals surface area contributed by atoms with Gasteiger partial charge in [0.05, 0.1) is 18.5 Å². The maximum absolute atomic E-state index is 11.7. The third-order valence-electron chi connectivity index (χ3n) is 1.26. The van der Waals surface area contributed by atoms with Crippen molar-refractivity contribution in [3.8, 4) is 6.07 Å². The first-order valence-electron chi connectivity index (χ1n) is 3.62. The summed E-state index contributed by atoms with van der Waals surface area (Å²) in [5.41, 5.74) is 0. The Morgan fingerprint density at radius 2 is 2.15 bits per heavy atom. The minimum atomic E-state index is -4.36. The molecule has 0 radical (unpaired) electrons. The number of carbonyl (C=O) groups excluding carboxylic acids is 1. The quantitative estimate of drug-likeness (QED) is 0.525. The Morgan fingerprint density at radius 1 is 1.54 bits per heavy atom. The molecule has 0 amide bonds. The molecular formula is C7H9F3N2O. The number of carbonyl (C=O) groups is 1. The van der Waals surface area contributed by atoms with Crippen molar-refractivity contribution in [2.45, 2.75) is 25.1 Å². The maximum Gasteiger partial charge on any atom is 0.391 e. The lowest BCUT2D eigenvalue weighted by Crippen LogP contribution is -2.35. The van der Waals surface area contributed by atoms with Crippen LogP contribution < -0.4 is 5.32 Å². The Balaban J connectivity index is 3.78. The van der Waals surface area contributed by atoms with Crippen LogP contribution in [0.25, 0.3) is 0 Å². The molecule has 3 nitrogen and oxygen atoms in total. The fraction of sp³-hybridized carbons (Fsp3) is 0.714. The van der Waals surface area contributed by atoms with Crippen molar-refractivity contribution in [2.75, 3.05) is 6.54 Å². The van der Waals surface area contributed by atoms with E-state index >= 15 is 0 Å².